The number of carbonyl (C=O) groups excluding carboxylic acids is 1. The molecule has 0 saturated carbocycles. The van der Waals surface area contributed by atoms with Gasteiger partial charge in [-0.3, -0.25) is 4.79 Å². The number of piperazine rings is 1. The van der Waals surface area contributed by atoms with Crippen molar-refractivity contribution < 1.29 is 13.2 Å². The molecule has 1 unspecified atom stereocenters. The second kappa shape index (κ2) is 6.78. The summed E-state index contributed by atoms with van der Waals surface area (Å²) in [6.07, 6.45) is 3.50. The van der Waals surface area contributed by atoms with Gasteiger partial charge in [0.1, 0.15) is 17.6 Å². The largest absolute Gasteiger partial charge is 0.336 e. The van der Waals surface area contributed by atoms with Gasteiger partial charge in [-0.15, -0.1) is 0 Å². The van der Waals surface area contributed by atoms with E-state index in [1.807, 2.05) is 31.7 Å². The van der Waals surface area contributed by atoms with Crippen LogP contribution in [0.15, 0.2) is 12.4 Å². The summed E-state index contributed by atoms with van der Waals surface area (Å²) in [6, 6.07) is -0.226. The number of aromatic nitrogens is 2. The van der Waals surface area contributed by atoms with Crippen LogP contribution in [0.25, 0.3) is 0 Å². The van der Waals surface area contributed by atoms with Gasteiger partial charge in [0.25, 0.3) is 0 Å². The van der Waals surface area contributed by atoms with Gasteiger partial charge in [0.05, 0.1) is 5.75 Å². The van der Waals surface area contributed by atoms with Gasteiger partial charge >= 0.3 is 0 Å². The third-order valence-corrected chi connectivity index (χ3v) is 5.51. The molecule has 0 bridgehead atoms. The van der Waals surface area contributed by atoms with Crippen molar-refractivity contribution in [2.75, 3.05) is 31.1 Å². The number of rotatable bonds is 5. The monoisotopic (exact) mass is 328 g/mol. The molecule has 0 aromatic carbocycles. The molecule has 0 radical (unpaired) electrons. The molecule has 0 spiro atoms. The highest BCUT2D eigenvalue weighted by atomic mass is 32.2. The molecule has 7 nitrogen and oxygen atoms in total. The van der Waals surface area contributed by atoms with Gasteiger partial charge in [-0.2, -0.15) is 0 Å². The first-order valence-electron chi connectivity index (χ1n) is 7.48. The van der Waals surface area contributed by atoms with E-state index in [-0.39, 0.29) is 23.6 Å². The summed E-state index contributed by atoms with van der Waals surface area (Å²) in [7, 11) is -1.50. The number of nitrogens with zero attached hydrogens (tertiary/aromatic N) is 3. The molecule has 1 aromatic heterocycles. The number of hydrogen-bond acceptors (Lipinski definition) is 5. The summed E-state index contributed by atoms with van der Waals surface area (Å²) in [4.78, 5) is 18.4. The van der Waals surface area contributed by atoms with Crippen molar-refractivity contribution in [2.24, 2.45) is 13.0 Å². The standard InChI is InChI=1S/C14H24N4O3S/c1-11(2)9-22(20,21)10-13(19)18-7-4-15-8-12(18)14-16-5-6-17(14)3/h5-6,11-12,15H,4,7-10H2,1-3H3. The Balaban J connectivity index is 2.14. The van der Waals surface area contributed by atoms with Gasteiger partial charge in [-0.1, -0.05) is 13.8 Å². The first-order valence-corrected chi connectivity index (χ1v) is 9.30. The van der Waals surface area contributed by atoms with Crippen LogP contribution in [-0.4, -0.2) is 59.9 Å². The molecular formula is C14H24N4O3S. The zero-order valence-electron chi connectivity index (χ0n) is 13.3. The van der Waals surface area contributed by atoms with Gasteiger partial charge in [0, 0.05) is 39.1 Å². The lowest BCUT2D eigenvalue weighted by Crippen LogP contribution is -2.51. The molecule has 1 atom stereocenters. The van der Waals surface area contributed by atoms with Crippen molar-refractivity contribution in [3.05, 3.63) is 18.2 Å². The highest BCUT2D eigenvalue weighted by Gasteiger charge is 2.32. The van der Waals surface area contributed by atoms with Gasteiger partial charge in [0.2, 0.25) is 5.91 Å². The van der Waals surface area contributed by atoms with Crippen LogP contribution in [0.1, 0.15) is 25.7 Å². The number of amides is 1. The number of hydrogen-bond donors (Lipinski definition) is 1. The smallest absolute Gasteiger partial charge is 0.238 e. The van der Waals surface area contributed by atoms with Gasteiger partial charge in [-0.25, -0.2) is 13.4 Å². The Kier molecular flexibility index (Phi) is 5.23. The molecule has 1 aliphatic rings. The fraction of sp³-hybridized carbons (Fsp3) is 0.714. The van der Waals surface area contributed by atoms with E-state index in [1.54, 1.807) is 11.1 Å². The second-order valence-corrected chi connectivity index (χ2v) is 8.26. The Morgan fingerprint density at radius 1 is 1.50 bits per heavy atom. The van der Waals surface area contributed by atoms with Crippen molar-refractivity contribution >= 4 is 15.7 Å². The summed E-state index contributed by atoms with van der Waals surface area (Å²) in [5.41, 5.74) is 0. The molecular weight excluding hydrogens is 304 g/mol. The van der Waals surface area contributed by atoms with Crippen LogP contribution >= 0.6 is 0 Å². The van der Waals surface area contributed by atoms with Crippen LogP contribution in [0.2, 0.25) is 0 Å². The first-order chi connectivity index (χ1) is 10.3. The predicted molar refractivity (Wildman–Crippen MR) is 84.0 cm³/mol. The van der Waals surface area contributed by atoms with Crippen molar-refractivity contribution in [3.8, 4) is 0 Å². The highest BCUT2D eigenvalue weighted by Crippen LogP contribution is 2.21. The van der Waals surface area contributed by atoms with Crippen molar-refractivity contribution in [1.82, 2.24) is 19.8 Å². The number of nitrogens with one attached hydrogen (secondary N) is 1. The summed E-state index contributed by atoms with van der Waals surface area (Å²) in [5.74, 6) is 0.0624. The minimum absolute atomic E-state index is 0.0196. The molecule has 124 valence electrons. The first kappa shape index (κ1) is 17.0. The lowest BCUT2D eigenvalue weighted by molar-refractivity contribution is -0.132. The van der Waals surface area contributed by atoms with Crippen LogP contribution in [0.3, 0.4) is 0 Å². The maximum atomic E-state index is 12.5. The molecule has 1 fully saturated rings. The molecule has 1 N–H and O–H groups in total. The number of imidazole rings is 1. The van der Waals surface area contributed by atoms with Crippen LogP contribution in [-0.2, 0) is 21.7 Å². The predicted octanol–water partition coefficient (Wildman–Crippen LogP) is -0.0362. The van der Waals surface area contributed by atoms with Crippen LogP contribution < -0.4 is 5.32 Å². The quantitative estimate of drug-likeness (QED) is 0.820. The second-order valence-electron chi connectivity index (χ2n) is 6.15. The summed E-state index contributed by atoms with van der Waals surface area (Å²) < 4.78 is 26.0. The Morgan fingerprint density at radius 2 is 2.23 bits per heavy atom. The highest BCUT2D eigenvalue weighted by molar-refractivity contribution is 7.92. The fourth-order valence-corrected chi connectivity index (χ4v) is 4.45. The zero-order valence-corrected chi connectivity index (χ0v) is 14.1. The fourth-order valence-electron chi connectivity index (χ4n) is 2.77. The lowest BCUT2D eigenvalue weighted by Gasteiger charge is -2.35. The maximum Gasteiger partial charge on any atom is 0.238 e. The van der Waals surface area contributed by atoms with Crippen molar-refractivity contribution in [2.45, 2.75) is 19.9 Å². The van der Waals surface area contributed by atoms with Crippen molar-refractivity contribution in [3.63, 3.8) is 0 Å². The molecule has 22 heavy (non-hydrogen) atoms. The summed E-state index contributed by atoms with van der Waals surface area (Å²) >= 11 is 0. The average Bonchev–Trinajstić information content (AvgIpc) is 2.82. The van der Waals surface area contributed by atoms with Crippen LogP contribution in [0.5, 0.6) is 0 Å². The molecule has 1 aliphatic heterocycles. The Labute approximate surface area is 131 Å². The normalized spacial score (nSPS) is 19.6. The molecule has 0 aliphatic carbocycles. The Morgan fingerprint density at radius 3 is 2.82 bits per heavy atom. The molecule has 1 amide bonds. The topological polar surface area (TPSA) is 84.3 Å². The summed E-state index contributed by atoms with van der Waals surface area (Å²) in [5, 5.41) is 3.23. The lowest BCUT2D eigenvalue weighted by atomic mass is 10.1. The molecule has 2 heterocycles. The van der Waals surface area contributed by atoms with Crippen molar-refractivity contribution in [1.29, 1.82) is 0 Å². The third-order valence-electron chi connectivity index (χ3n) is 3.65. The van der Waals surface area contributed by atoms with Crippen LogP contribution in [0, 0.1) is 5.92 Å². The SMILES string of the molecule is CC(C)CS(=O)(=O)CC(=O)N1CCNCC1c1nccn1C. The number of sulfone groups is 1. The minimum Gasteiger partial charge on any atom is -0.336 e. The minimum atomic E-state index is -3.37. The van der Waals surface area contributed by atoms with Crippen LogP contribution in [0.4, 0.5) is 0 Å². The Hall–Kier alpha value is -1.41. The molecule has 8 heteroatoms. The Bertz CT molecular complexity index is 624. The van der Waals surface area contributed by atoms with E-state index in [4.69, 9.17) is 0 Å². The van der Waals surface area contributed by atoms with E-state index >= 15 is 0 Å². The van der Waals surface area contributed by atoms with Gasteiger partial charge < -0.3 is 14.8 Å². The van der Waals surface area contributed by atoms with E-state index < -0.39 is 15.6 Å². The summed E-state index contributed by atoms with van der Waals surface area (Å²) in [6.45, 7) is 5.42. The maximum absolute atomic E-state index is 12.5. The van der Waals surface area contributed by atoms with E-state index in [0.29, 0.717) is 19.6 Å². The zero-order chi connectivity index (χ0) is 16.3. The van der Waals surface area contributed by atoms with E-state index in [2.05, 4.69) is 10.3 Å². The molecule has 1 saturated heterocycles. The number of carbonyl (C=O) groups is 1. The average molecular weight is 328 g/mol. The number of aryl methyl sites for hydroxylation is 1. The van der Waals surface area contributed by atoms with Gasteiger partial charge in [-0.05, 0) is 5.92 Å². The van der Waals surface area contributed by atoms with E-state index in [1.165, 1.54) is 0 Å². The third kappa shape index (κ3) is 4.07. The van der Waals surface area contributed by atoms with Gasteiger partial charge in [0.15, 0.2) is 9.84 Å². The molecule has 2 rings (SSSR count). The van der Waals surface area contributed by atoms with E-state index in [9.17, 15) is 13.2 Å². The van der Waals surface area contributed by atoms with E-state index in [0.717, 1.165) is 5.82 Å². The molecule has 1 aromatic rings.